The number of aromatic nitrogens is 3. The molecule has 1 saturated carbocycles. The van der Waals surface area contributed by atoms with E-state index in [9.17, 15) is 27.9 Å². The van der Waals surface area contributed by atoms with Gasteiger partial charge in [-0.3, -0.25) is 14.6 Å². The Bertz CT molecular complexity index is 1650. The summed E-state index contributed by atoms with van der Waals surface area (Å²) >= 11 is 0. The summed E-state index contributed by atoms with van der Waals surface area (Å²) in [5.41, 5.74) is 5.91. The first-order chi connectivity index (χ1) is 19.9. The van der Waals surface area contributed by atoms with Gasteiger partial charge in [-0.05, 0) is 36.5 Å². The lowest BCUT2D eigenvalue weighted by molar-refractivity contribution is -0.126. The highest BCUT2D eigenvalue weighted by atomic mass is 19.3. The maximum atomic E-state index is 15.1. The second-order valence-electron chi connectivity index (χ2n) is 11.0. The molecule has 1 aliphatic carbocycles. The number of nitrogens with zero attached hydrogens (tertiary/aromatic N) is 5. The molecule has 2 amide bonds. The summed E-state index contributed by atoms with van der Waals surface area (Å²) in [5, 5.41) is 15.5. The summed E-state index contributed by atoms with van der Waals surface area (Å²) in [7, 11) is 0. The molecule has 0 saturated heterocycles. The number of halogens is 4. The van der Waals surface area contributed by atoms with Crippen molar-refractivity contribution in [1.29, 1.82) is 0 Å². The highest BCUT2D eigenvalue weighted by Gasteiger charge is 2.42. The number of pyridine rings is 1. The fraction of sp³-hybridized carbons (Fsp3) is 0.379. The Labute approximate surface area is 238 Å². The lowest BCUT2D eigenvalue weighted by Crippen LogP contribution is -2.46. The van der Waals surface area contributed by atoms with Gasteiger partial charge >= 0.3 is 0 Å². The molecule has 6 rings (SSSR count). The van der Waals surface area contributed by atoms with Gasteiger partial charge in [-0.2, -0.15) is 13.9 Å². The fourth-order valence-electron chi connectivity index (χ4n) is 5.95. The average molecular weight is 585 g/mol. The molecule has 220 valence electrons. The molecule has 4 heterocycles. The number of hydrogen-bond acceptors (Lipinski definition) is 6. The molecule has 3 aliphatic rings. The standard InChI is InChI=1S/C29H28F4N6O3/c1-3-21(40)37-10-8-17-22-18(39(36-17)19-7-6-15(14-4-5-14)23(30)26(19)41)9-11-38(20(22)13-37)28(42)16-12-35-27(29(2,32)33)24(31)25(16)34/h3,6-7,12,14,20,41H,1,4-5,8-11,13H2,2H3,(H2,34,35). The van der Waals surface area contributed by atoms with Gasteiger partial charge in [-0.1, -0.05) is 12.6 Å². The Morgan fingerprint density at radius 2 is 1.90 bits per heavy atom. The van der Waals surface area contributed by atoms with Crippen LogP contribution in [-0.4, -0.2) is 61.1 Å². The summed E-state index contributed by atoms with van der Waals surface area (Å²) < 4.78 is 59.1. The molecule has 1 aromatic carbocycles. The van der Waals surface area contributed by atoms with Crippen LogP contribution in [0.15, 0.2) is 31.0 Å². The van der Waals surface area contributed by atoms with Crippen LogP contribution in [0.4, 0.5) is 23.2 Å². The van der Waals surface area contributed by atoms with Crippen LogP contribution in [0.25, 0.3) is 5.69 Å². The molecule has 1 fully saturated rings. The maximum absolute atomic E-state index is 15.1. The molecule has 0 spiro atoms. The van der Waals surface area contributed by atoms with E-state index in [1.165, 1.54) is 14.5 Å². The number of nitrogen functional groups attached to an aromatic ring is 1. The first-order valence-corrected chi connectivity index (χ1v) is 13.6. The molecule has 42 heavy (non-hydrogen) atoms. The summed E-state index contributed by atoms with van der Waals surface area (Å²) in [4.78, 5) is 32.8. The number of alkyl halides is 2. The monoisotopic (exact) mass is 584 g/mol. The fourth-order valence-corrected chi connectivity index (χ4v) is 5.95. The zero-order valence-electron chi connectivity index (χ0n) is 22.7. The van der Waals surface area contributed by atoms with Crippen LogP contribution in [-0.2, 0) is 23.6 Å². The van der Waals surface area contributed by atoms with Crippen molar-refractivity contribution in [1.82, 2.24) is 24.6 Å². The predicted octanol–water partition coefficient (Wildman–Crippen LogP) is 4.13. The van der Waals surface area contributed by atoms with Crippen molar-refractivity contribution in [2.45, 2.75) is 50.5 Å². The van der Waals surface area contributed by atoms with Crippen molar-refractivity contribution < 1.29 is 32.3 Å². The van der Waals surface area contributed by atoms with Crippen LogP contribution in [0.5, 0.6) is 5.75 Å². The molecule has 1 atom stereocenters. The van der Waals surface area contributed by atoms with Crippen molar-refractivity contribution in [3.63, 3.8) is 0 Å². The van der Waals surface area contributed by atoms with Crippen LogP contribution < -0.4 is 5.73 Å². The second kappa shape index (κ2) is 9.85. The highest BCUT2D eigenvalue weighted by molar-refractivity contribution is 5.99. The van der Waals surface area contributed by atoms with E-state index in [0.29, 0.717) is 35.9 Å². The SMILES string of the molecule is C=CC(=O)N1CCc2nn(-c3ccc(C4CC4)c(F)c3O)c3c2C(C1)N(C(=O)c1cnc(C(C)(F)F)c(F)c1N)CC3. The largest absolute Gasteiger partial charge is 0.503 e. The molecule has 3 aromatic rings. The van der Waals surface area contributed by atoms with E-state index in [0.717, 1.165) is 25.1 Å². The second-order valence-corrected chi connectivity index (χ2v) is 11.0. The van der Waals surface area contributed by atoms with Crippen molar-refractivity contribution in [3.05, 3.63) is 76.4 Å². The molecule has 1 unspecified atom stereocenters. The number of nitrogens with two attached hydrogens (primary N) is 1. The van der Waals surface area contributed by atoms with Crippen LogP contribution in [0.1, 0.15) is 70.3 Å². The smallest absolute Gasteiger partial charge is 0.289 e. The third-order valence-corrected chi connectivity index (χ3v) is 8.23. The van der Waals surface area contributed by atoms with Gasteiger partial charge in [0, 0.05) is 51.2 Å². The molecule has 2 aliphatic heterocycles. The van der Waals surface area contributed by atoms with Crippen molar-refractivity contribution in [3.8, 4) is 11.4 Å². The summed E-state index contributed by atoms with van der Waals surface area (Å²) in [6.07, 6.45) is 4.22. The van der Waals surface area contributed by atoms with E-state index in [1.807, 2.05) is 0 Å². The Morgan fingerprint density at radius 3 is 2.57 bits per heavy atom. The van der Waals surface area contributed by atoms with Gasteiger partial charge in [-0.25, -0.2) is 13.5 Å². The number of phenolic OH excluding ortho intramolecular Hbond substituents is 1. The molecule has 0 bridgehead atoms. The van der Waals surface area contributed by atoms with Gasteiger partial charge in [0.2, 0.25) is 5.91 Å². The Balaban J connectivity index is 1.44. The van der Waals surface area contributed by atoms with Crippen LogP contribution >= 0.6 is 0 Å². The highest BCUT2D eigenvalue weighted by Crippen LogP contribution is 2.45. The van der Waals surface area contributed by atoms with Crippen molar-refractivity contribution in [2.75, 3.05) is 25.4 Å². The first-order valence-electron chi connectivity index (χ1n) is 13.6. The Kier molecular flexibility index (Phi) is 6.50. The van der Waals surface area contributed by atoms with Crippen molar-refractivity contribution >= 4 is 17.5 Å². The minimum Gasteiger partial charge on any atom is -0.503 e. The van der Waals surface area contributed by atoms with E-state index in [2.05, 4.69) is 11.6 Å². The van der Waals surface area contributed by atoms with E-state index in [4.69, 9.17) is 10.8 Å². The number of anilines is 1. The maximum Gasteiger partial charge on any atom is 0.289 e. The summed E-state index contributed by atoms with van der Waals surface area (Å²) in [5.74, 6) is -7.34. The van der Waals surface area contributed by atoms with E-state index >= 15 is 4.39 Å². The molecular formula is C29H28F4N6O3. The van der Waals surface area contributed by atoms with Gasteiger partial charge in [0.1, 0.15) is 11.4 Å². The molecule has 3 N–H and O–H groups in total. The van der Waals surface area contributed by atoms with Crippen LogP contribution in [0.2, 0.25) is 0 Å². The number of aromatic hydroxyl groups is 1. The molecular weight excluding hydrogens is 556 g/mol. The number of amides is 2. The zero-order chi connectivity index (χ0) is 30.1. The number of phenols is 1. The van der Waals surface area contributed by atoms with Crippen LogP contribution in [0, 0.1) is 11.6 Å². The Hall–Kier alpha value is -4.42. The molecule has 0 radical (unpaired) electrons. The van der Waals surface area contributed by atoms with E-state index in [-0.39, 0.29) is 49.1 Å². The van der Waals surface area contributed by atoms with Gasteiger partial charge in [0.25, 0.3) is 11.8 Å². The average Bonchev–Trinajstić information content (AvgIpc) is 3.75. The normalized spacial score (nSPS) is 18.5. The van der Waals surface area contributed by atoms with Gasteiger partial charge in [-0.15, -0.1) is 0 Å². The third kappa shape index (κ3) is 4.38. The topological polar surface area (TPSA) is 118 Å². The quantitative estimate of drug-likeness (QED) is 0.344. The summed E-state index contributed by atoms with van der Waals surface area (Å²) in [6, 6.07) is 2.48. The molecule has 9 nitrogen and oxygen atoms in total. The number of benzene rings is 1. The van der Waals surface area contributed by atoms with Gasteiger partial charge in [0.15, 0.2) is 17.4 Å². The number of hydrogen-bond donors (Lipinski definition) is 2. The third-order valence-electron chi connectivity index (χ3n) is 8.23. The lowest BCUT2D eigenvalue weighted by atomic mass is 9.94. The van der Waals surface area contributed by atoms with E-state index < -0.39 is 46.6 Å². The van der Waals surface area contributed by atoms with Gasteiger partial charge in [0.05, 0.1) is 28.7 Å². The van der Waals surface area contributed by atoms with E-state index in [1.54, 1.807) is 12.1 Å². The number of carbonyl (C=O) groups is 2. The minimum atomic E-state index is -3.61. The van der Waals surface area contributed by atoms with Crippen molar-refractivity contribution in [2.24, 2.45) is 0 Å². The van der Waals surface area contributed by atoms with Crippen LogP contribution in [0.3, 0.4) is 0 Å². The Morgan fingerprint density at radius 1 is 1.17 bits per heavy atom. The number of rotatable bonds is 5. The molecule has 13 heteroatoms. The predicted molar refractivity (Wildman–Crippen MR) is 143 cm³/mol. The summed E-state index contributed by atoms with van der Waals surface area (Å²) in [6.45, 7) is 4.35. The first kappa shape index (κ1) is 27.7. The van der Waals surface area contributed by atoms with Gasteiger partial charge < -0.3 is 20.6 Å². The lowest BCUT2D eigenvalue weighted by Gasteiger charge is -2.38. The number of carbonyl (C=O) groups excluding carboxylic acids is 2. The zero-order valence-corrected chi connectivity index (χ0v) is 22.7. The minimum absolute atomic E-state index is 0.0319. The molecule has 2 aromatic heterocycles.